The summed E-state index contributed by atoms with van der Waals surface area (Å²) in [6, 6.07) is 17.1. The Balaban J connectivity index is 1.66. The molecule has 0 fully saturated rings. The molecule has 0 aliphatic carbocycles. The van der Waals surface area contributed by atoms with Crippen LogP contribution in [0.25, 0.3) is 0 Å². The van der Waals surface area contributed by atoms with E-state index >= 15 is 0 Å². The molecule has 3 rings (SSSR count). The van der Waals surface area contributed by atoms with Crippen molar-refractivity contribution in [3.63, 3.8) is 0 Å². The molecule has 0 spiro atoms. The average Bonchev–Trinajstić information content (AvgIpc) is 3.05. The van der Waals surface area contributed by atoms with Crippen molar-refractivity contribution in [1.29, 1.82) is 0 Å². The van der Waals surface area contributed by atoms with Crippen LogP contribution < -0.4 is 10.6 Å². The van der Waals surface area contributed by atoms with Gasteiger partial charge in [0, 0.05) is 17.2 Å². The molecule has 9 heteroatoms. The van der Waals surface area contributed by atoms with Crippen molar-refractivity contribution < 1.29 is 13.2 Å². The molecular weight excluding hydrogens is 360 g/mol. The van der Waals surface area contributed by atoms with Crippen LogP contribution >= 0.6 is 11.5 Å². The van der Waals surface area contributed by atoms with Crippen LogP contribution in [0.15, 0.2) is 65.8 Å². The Morgan fingerprint density at radius 2 is 1.60 bits per heavy atom. The minimum atomic E-state index is -3.67. The Morgan fingerprint density at radius 3 is 2.28 bits per heavy atom. The molecule has 0 saturated heterocycles. The molecule has 3 aromatic rings. The molecule has 25 heavy (non-hydrogen) atoms. The number of sulfone groups is 1. The standard InChI is InChI=1S/C16H14N4O3S2/c21-14(17-13-9-5-2-6-10-13)18-15-19-16(20-24-15)25(22,23)11-12-7-3-1-4-8-12/h1-10H,11H2,(H2,17,18,19,20,21). The van der Waals surface area contributed by atoms with E-state index in [0.29, 0.717) is 11.3 Å². The fraction of sp³-hybridized carbons (Fsp3) is 0.0625. The predicted molar refractivity (Wildman–Crippen MR) is 96.3 cm³/mol. The molecule has 7 nitrogen and oxygen atoms in total. The molecule has 0 saturated carbocycles. The van der Waals surface area contributed by atoms with Crippen LogP contribution in [0.3, 0.4) is 0 Å². The molecule has 2 N–H and O–H groups in total. The maximum Gasteiger partial charge on any atom is 0.325 e. The zero-order valence-electron chi connectivity index (χ0n) is 12.9. The number of urea groups is 1. The molecule has 0 aliphatic rings. The third kappa shape index (κ3) is 4.61. The number of amides is 2. The SMILES string of the molecule is O=C(Nc1ccccc1)Nc1nc(S(=O)(=O)Cc2ccccc2)ns1. The minimum absolute atomic E-state index is 0.111. The van der Waals surface area contributed by atoms with Crippen LogP contribution in [0.5, 0.6) is 0 Å². The molecule has 2 aromatic carbocycles. The van der Waals surface area contributed by atoms with Gasteiger partial charge in [0.2, 0.25) is 15.0 Å². The van der Waals surface area contributed by atoms with Crippen molar-refractivity contribution in [3.8, 4) is 0 Å². The monoisotopic (exact) mass is 374 g/mol. The fourth-order valence-corrected chi connectivity index (χ4v) is 4.11. The second-order valence-electron chi connectivity index (χ2n) is 5.07. The molecule has 1 aromatic heterocycles. The summed E-state index contributed by atoms with van der Waals surface area (Å²) in [6.07, 6.45) is 0. The number of benzene rings is 2. The minimum Gasteiger partial charge on any atom is -0.308 e. The van der Waals surface area contributed by atoms with Crippen LogP contribution in [-0.4, -0.2) is 23.8 Å². The van der Waals surface area contributed by atoms with Crippen molar-refractivity contribution in [1.82, 2.24) is 9.36 Å². The lowest BCUT2D eigenvalue weighted by Gasteiger charge is -2.04. The van der Waals surface area contributed by atoms with E-state index in [0.717, 1.165) is 11.5 Å². The van der Waals surface area contributed by atoms with Crippen LogP contribution in [-0.2, 0) is 15.6 Å². The summed E-state index contributed by atoms with van der Waals surface area (Å²) in [5, 5.41) is 4.91. The van der Waals surface area contributed by atoms with Crippen LogP contribution in [0, 0.1) is 0 Å². The first kappa shape index (κ1) is 17.1. The number of nitrogens with one attached hydrogen (secondary N) is 2. The summed E-state index contributed by atoms with van der Waals surface area (Å²) in [4.78, 5) is 15.8. The van der Waals surface area contributed by atoms with Gasteiger partial charge in [-0.3, -0.25) is 5.32 Å². The Hall–Kier alpha value is -2.78. The summed E-state index contributed by atoms with van der Waals surface area (Å²) in [6.45, 7) is 0. The van der Waals surface area contributed by atoms with E-state index in [-0.39, 0.29) is 16.0 Å². The van der Waals surface area contributed by atoms with E-state index < -0.39 is 15.9 Å². The molecule has 0 unspecified atom stereocenters. The Kier molecular flexibility index (Phi) is 5.05. The van der Waals surface area contributed by atoms with Gasteiger partial charge in [0.25, 0.3) is 5.16 Å². The number of aromatic nitrogens is 2. The number of carbonyl (C=O) groups excluding carboxylic acids is 1. The molecule has 0 bridgehead atoms. The van der Waals surface area contributed by atoms with E-state index in [1.54, 1.807) is 48.5 Å². The molecule has 2 amide bonds. The first-order chi connectivity index (χ1) is 12.0. The third-order valence-electron chi connectivity index (χ3n) is 3.14. The van der Waals surface area contributed by atoms with Gasteiger partial charge in [-0.05, 0) is 17.7 Å². The smallest absolute Gasteiger partial charge is 0.308 e. The highest BCUT2D eigenvalue weighted by Gasteiger charge is 2.21. The largest absolute Gasteiger partial charge is 0.325 e. The van der Waals surface area contributed by atoms with Gasteiger partial charge in [-0.15, -0.1) is 0 Å². The highest BCUT2D eigenvalue weighted by atomic mass is 32.2. The first-order valence-corrected chi connectivity index (χ1v) is 9.69. The first-order valence-electron chi connectivity index (χ1n) is 7.26. The third-order valence-corrected chi connectivity index (χ3v) is 5.34. The van der Waals surface area contributed by atoms with Crippen LogP contribution in [0.1, 0.15) is 5.56 Å². The molecule has 1 heterocycles. The Bertz CT molecular complexity index is 957. The quantitative estimate of drug-likeness (QED) is 0.714. The molecule has 0 aliphatic heterocycles. The van der Waals surface area contributed by atoms with Gasteiger partial charge < -0.3 is 5.32 Å². The lowest BCUT2D eigenvalue weighted by Crippen LogP contribution is -2.19. The topological polar surface area (TPSA) is 101 Å². The molecular formula is C16H14N4O3S2. The van der Waals surface area contributed by atoms with Gasteiger partial charge >= 0.3 is 6.03 Å². The number of hydrogen-bond acceptors (Lipinski definition) is 6. The van der Waals surface area contributed by atoms with Crippen molar-refractivity contribution in [2.45, 2.75) is 10.9 Å². The predicted octanol–water partition coefficient (Wildman–Crippen LogP) is 3.16. The number of rotatable bonds is 5. The van der Waals surface area contributed by atoms with Crippen LogP contribution in [0.2, 0.25) is 0 Å². The fourth-order valence-electron chi connectivity index (χ4n) is 2.03. The van der Waals surface area contributed by atoms with E-state index in [9.17, 15) is 13.2 Å². The lowest BCUT2D eigenvalue weighted by molar-refractivity contribution is 0.262. The van der Waals surface area contributed by atoms with Crippen molar-refractivity contribution in [2.24, 2.45) is 0 Å². The lowest BCUT2D eigenvalue weighted by atomic mass is 10.2. The van der Waals surface area contributed by atoms with E-state index in [1.807, 2.05) is 12.1 Å². The normalized spacial score (nSPS) is 11.0. The highest BCUT2D eigenvalue weighted by Crippen LogP contribution is 2.19. The van der Waals surface area contributed by atoms with E-state index in [4.69, 9.17) is 0 Å². The summed E-state index contributed by atoms with van der Waals surface area (Å²) >= 11 is 0.814. The average molecular weight is 374 g/mol. The number of hydrogen-bond donors (Lipinski definition) is 2. The van der Waals surface area contributed by atoms with Gasteiger partial charge in [-0.2, -0.15) is 9.36 Å². The zero-order chi connectivity index (χ0) is 17.7. The van der Waals surface area contributed by atoms with E-state index in [2.05, 4.69) is 20.0 Å². The summed E-state index contributed by atoms with van der Waals surface area (Å²) < 4.78 is 28.5. The molecule has 0 radical (unpaired) electrons. The van der Waals surface area contributed by atoms with Crippen LogP contribution in [0.4, 0.5) is 15.6 Å². The van der Waals surface area contributed by atoms with Gasteiger partial charge in [-0.25, -0.2) is 13.2 Å². The summed E-state index contributed by atoms with van der Waals surface area (Å²) in [7, 11) is -3.67. The highest BCUT2D eigenvalue weighted by molar-refractivity contribution is 7.90. The van der Waals surface area contributed by atoms with E-state index in [1.165, 1.54) is 0 Å². The zero-order valence-corrected chi connectivity index (χ0v) is 14.5. The number of para-hydroxylation sites is 1. The Labute approximate surface area is 148 Å². The van der Waals surface area contributed by atoms with Crippen molar-refractivity contribution >= 4 is 38.2 Å². The maximum atomic E-state index is 12.3. The number of carbonyl (C=O) groups is 1. The second-order valence-corrected chi connectivity index (χ2v) is 7.71. The van der Waals surface area contributed by atoms with Gasteiger partial charge in [0.1, 0.15) is 0 Å². The molecule has 0 atom stereocenters. The molecule has 128 valence electrons. The van der Waals surface area contributed by atoms with Gasteiger partial charge in [0.05, 0.1) is 5.75 Å². The summed E-state index contributed by atoms with van der Waals surface area (Å²) in [5.74, 6) is -0.194. The van der Waals surface area contributed by atoms with Gasteiger partial charge in [0.15, 0.2) is 0 Å². The van der Waals surface area contributed by atoms with Gasteiger partial charge in [-0.1, -0.05) is 48.5 Å². The second kappa shape index (κ2) is 7.41. The summed E-state index contributed by atoms with van der Waals surface area (Å²) in [5.41, 5.74) is 1.26. The van der Waals surface area contributed by atoms with Crippen molar-refractivity contribution in [3.05, 3.63) is 66.2 Å². The van der Waals surface area contributed by atoms with Crippen molar-refractivity contribution in [2.75, 3.05) is 10.6 Å². The maximum absolute atomic E-state index is 12.3. The number of anilines is 2. The number of nitrogens with zero attached hydrogens (tertiary/aromatic N) is 2. The Morgan fingerprint density at radius 1 is 0.960 bits per heavy atom.